The highest BCUT2D eigenvalue weighted by Gasteiger charge is 2.37. The Kier molecular flexibility index (Phi) is 10.0. The Morgan fingerprint density at radius 1 is 0.767 bits per heavy atom. The molecule has 3 atom stereocenters. The van der Waals surface area contributed by atoms with Crippen molar-refractivity contribution < 1.29 is 9.53 Å². The Morgan fingerprint density at radius 2 is 1.37 bits per heavy atom. The van der Waals surface area contributed by atoms with Crippen molar-refractivity contribution in [3.05, 3.63) is 0 Å². The van der Waals surface area contributed by atoms with E-state index in [0.717, 1.165) is 55.3 Å². The molecule has 3 rings (SSSR count). The van der Waals surface area contributed by atoms with E-state index in [1.807, 2.05) is 0 Å². The Bertz CT molecular complexity index is 485. The molecule has 3 fully saturated rings. The van der Waals surface area contributed by atoms with Gasteiger partial charge in [-0.15, -0.1) is 0 Å². The van der Waals surface area contributed by atoms with E-state index in [0.29, 0.717) is 0 Å². The molecule has 0 aromatic rings. The van der Waals surface area contributed by atoms with Gasteiger partial charge in [0.1, 0.15) is 6.10 Å². The Balaban J connectivity index is 1.35. The second kappa shape index (κ2) is 12.5. The van der Waals surface area contributed by atoms with Crippen molar-refractivity contribution in [1.82, 2.24) is 0 Å². The maximum absolute atomic E-state index is 12.8. The van der Waals surface area contributed by atoms with Crippen LogP contribution in [0.5, 0.6) is 0 Å². The van der Waals surface area contributed by atoms with Gasteiger partial charge in [-0.25, -0.2) is 0 Å². The van der Waals surface area contributed by atoms with Crippen LogP contribution in [0.3, 0.4) is 0 Å². The fraction of sp³-hybridized carbons (Fsp3) is 0.964. The predicted octanol–water partition coefficient (Wildman–Crippen LogP) is 8.33. The Morgan fingerprint density at radius 3 is 1.97 bits per heavy atom. The molecule has 30 heavy (non-hydrogen) atoms. The summed E-state index contributed by atoms with van der Waals surface area (Å²) in [6, 6.07) is 0. The lowest BCUT2D eigenvalue weighted by Crippen LogP contribution is -2.34. The number of rotatable bonds is 9. The molecule has 0 unspecified atom stereocenters. The molecular weight excluding hydrogens is 368 g/mol. The van der Waals surface area contributed by atoms with Crippen molar-refractivity contribution in [3.63, 3.8) is 0 Å². The summed E-state index contributed by atoms with van der Waals surface area (Å²) in [6.45, 7) is 7.11. The second-order valence-corrected chi connectivity index (χ2v) is 11.3. The lowest BCUT2D eigenvalue weighted by Gasteiger charge is -2.41. The van der Waals surface area contributed by atoms with E-state index in [1.54, 1.807) is 0 Å². The molecule has 3 aliphatic carbocycles. The number of carbonyl (C=O) groups excluding carboxylic acids is 1. The standard InChI is InChI=1S/C28H50O2/c1-4-6-8-22-10-17-26(18-11-22)30-28(29)25-15-13-24(14-16-25)27-19-12-23(9-7-5-2)20-21(27)3/h21-27H,4-20H2,1-3H3/t21-,22?,23+,24?,25?,26?,27-/m1/s1. The first kappa shape index (κ1) is 24.1. The van der Waals surface area contributed by atoms with Crippen molar-refractivity contribution in [1.29, 1.82) is 0 Å². The van der Waals surface area contributed by atoms with Crippen LogP contribution in [0.4, 0.5) is 0 Å². The van der Waals surface area contributed by atoms with Crippen LogP contribution >= 0.6 is 0 Å². The van der Waals surface area contributed by atoms with Crippen molar-refractivity contribution in [2.75, 3.05) is 0 Å². The van der Waals surface area contributed by atoms with Gasteiger partial charge in [-0.1, -0.05) is 65.7 Å². The third-order valence-electron chi connectivity index (χ3n) is 9.06. The van der Waals surface area contributed by atoms with E-state index in [9.17, 15) is 4.79 Å². The normalized spacial score (nSPS) is 37.6. The topological polar surface area (TPSA) is 26.3 Å². The minimum absolute atomic E-state index is 0.141. The summed E-state index contributed by atoms with van der Waals surface area (Å²) in [5.41, 5.74) is 0. The van der Waals surface area contributed by atoms with Gasteiger partial charge in [0.05, 0.1) is 5.92 Å². The minimum atomic E-state index is 0.141. The third-order valence-corrected chi connectivity index (χ3v) is 9.06. The van der Waals surface area contributed by atoms with Crippen LogP contribution in [-0.2, 0) is 9.53 Å². The quantitative estimate of drug-likeness (QED) is 0.352. The molecule has 0 spiro atoms. The van der Waals surface area contributed by atoms with Crippen LogP contribution in [0.15, 0.2) is 0 Å². The summed E-state index contributed by atoms with van der Waals surface area (Å²) in [7, 11) is 0. The fourth-order valence-electron chi connectivity index (χ4n) is 7.06. The molecule has 2 nitrogen and oxygen atoms in total. The summed E-state index contributed by atoms with van der Waals surface area (Å²) in [5, 5.41) is 0. The number of ether oxygens (including phenoxy) is 1. The van der Waals surface area contributed by atoms with Gasteiger partial charge < -0.3 is 4.74 Å². The molecule has 0 heterocycles. The molecule has 0 aromatic heterocycles. The van der Waals surface area contributed by atoms with Crippen molar-refractivity contribution >= 4 is 5.97 Å². The SMILES string of the molecule is CCCCC1CCC(OC(=O)C2CCC([C@@H]3CC[C@H](CCCC)C[C@H]3C)CC2)CC1. The van der Waals surface area contributed by atoms with E-state index < -0.39 is 0 Å². The predicted molar refractivity (Wildman–Crippen MR) is 126 cm³/mol. The molecule has 3 aliphatic rings. The summed E-state index contributed by atoms with van der Waals surface area (Å²) < 4.78 is 6.00. The molecule has 0 amide bonds. The highest BCUT2D eigenvalue weighted by Crippen LogP contribution is 2.45. The van der Waals surface area contributed by atoms with Crippen LogP contribution in [0.25, 0.3) is 0 Å². The summed E-state index contributed by atoms with van der Waals surface area (Å²) >= 11 is 0. The fourth-order valence-corrected chi connectivity index (χ4v) is 7.06. The average molecular weight is 419 g/mol. The number of esters is 1. The van der Waals surface area contributed by atoms with Gasteiger partial charge in [-0.2, -0.15) is 0 Å². The van der Waals surface area contributed by atoms with Gasteiger partial charge in [-0.05, 0) is 93.8 Å². The molecule has 3 saturated carbocycles. The van der Waals surface area contributed by atoms with Crippen LogP contribution in [-0.4, -0.2) is 12.1 Å². The summed E-state index contributed by atoms with van der Waals surface area (Å²) in [6.07, 6.45) is 22.2. The maximum atomic E-state index is 12.8. The zero-order valence-electron chi connectivity index (χ0n) is 20.4. The summed E-state index contributed by atoms with van der Waals surface area (Å²) in [4.78, 5) is 12.8. The lowest BCUT2D eigenvalue weighted by molar-refractivity contribution is -0.157. The molecule has 174 valence electrons. The van der Waals surface area contributed by atoms with Gasteiger partial charge in [0.2, 0.25) is 0 Å². The number of unbranched alkanes of at least 4 members (excludes halogenated alkanes) is 2. The molecule has 0 N–H and O–H groups in total. The molecule has 0 radical (unpaired) electrons. The van der Waals surface area contributed by atoms with E-state index in [-0.39, 0.29) is 18.0 Å². The van der Waals surface area contributed by atoms with Gasteiger partial charge in [0.15, 0.2) is 0 Å². The molecule has 2 heteroatoms. The Hall–Kier alpha value is -0.530. The first-order valence-corrected chi connectivity index (χ1v) is 13.8. The Labute approximate surface area is 187 Å². The lowest BCUT2D eigenvalue weighted by atomic mass is 9.64. The van der Waals surface area contributed by atoms with Crippen LogP contribution in [0.1, 0.15) is 130 Å². The largest absolute Gasteiger partial charge is 0.462 e. The van der Waals surface area contributed by atoms with E-state index in [4.69, 9.17) is 4.74 Å². The zero-order valence-corrected chi connectivity index (χ0v) is 20.4. The van der Waals surface area contributed by atoms with Crippen molar-refractivity contribution in [3.8, 4) is 0 Å². The third kappa shape index (κ3) is 6.99. The minimum Gasteiger partial charge on any atom is -0.462 e. The monoisotopic (exact) mass is 418 g/mol. The average Bonchev–Trinajstić information content (AvgIpc) is 2.77. The van der Waals surface area contributed by atoms with Gasteiger partial charge in [0.25, 0.3) is 0 Å². The van der Waals surface area contributed by atoms with Gasteiger partial charge >= 0.3 is 5.97 Å². The molecule has 0 saturated heterocycles. The van der Waals surface area contributed by atoms with Crippen molar-refractivity contribution in [2.45, 2.75) is 136 Å². The van der Waals surface area contributed by atoms with E-state index in [2.05, 4.69) is 20.8 Å². The smallest absolute Gasteiger partial charge is 0.309 e. The van der Waals surface area contributed by atoms with Gasteiger partial charge in [0, 0.05) is 0 Å². The van der Waals surface area contributed by atoms with Crippen LogP contribution in [0.2, 0.25) is 0 Å². The highest BCUT2D eigenvalue weighted by atomic mass is 16.5. The van der Waals surface area contributed by atoms with Crippen molar-refractivity contribution in [2.24, 2.45) is 35.5 Å². The van der Waals surface area contributed by atoms with Crippen LogP contribution in [0, 0.1) is 35.5 Å². The highest BCUT2D eigenvalue weighted by molar-refractivity contribution is 5.72. The number of carbonyl (C=O) groups is 1. The maximum Gasteiger partial charge on any atom is 0.309 e. The first-order chi connectivity index (χ1) is 14.6. The number of hydrogen-bond acceptors (Lipinski definition) is 2. The zero-order chi connectivity index (χ0) is 21.3. The molecule has 0 aromatic carbocycles. The molecule has 0 aliphatic heterocycles. The van der Waals surface area contributed by atoms with Crippen LogP contribution < -0.4 is 0 Å². The van der Waals surface area contributed by atoms with E-state index >= 15 is 0 Å². The molecular formula is C28H50O2. The second-order valence-electron chi connectivity index (χ2n) is 11.3. The first-order valence-electron chi connectivity index (χ1n) is 13.8. The summed E-state index contributed by atoms with van der Waals surface area (Å²) in [5.74, 6) is 4.87. The number of hydrogen-bond donors (Lipinski definition) is 0. The van der Waals surface area contributed by atoms with E-state index in [1.165, 1.54) is 83.5 Å². The molecule has 0 bridgehead atoms. The van der Waals surface area contributed by atoms with Gasteiger partial charge in [-0.3, -0.25) is 4.79 Å².